The monoisotopic (exact) mass is 370 g/mol. The van der Waals surface area contributed by atoms with E-state index in [4.69, 9.17) is 4.74 Å². The molecular formula is C21H42N2OS. The number of likely N-dealkylation sites (tertiary alicyclic amines) is 2. The van der Waals surface area contributed by atoms with E-state index in [1.165, 1.54) is 51.9 Å². The summed E-state index contributed by atoms with van der Waals surface area (Å²) >= 11 is 2.16. The molecule has 2 aliphatic heterocycles. The van der Waals surface area contributed by atoms with Gasteiger partial charge in [0.1, 0.15) is 0 Å². The van der Waals surface area contributed by atoms with Crippen LogP contribution in [0.25, 0.3) is 0 Å². The van der Waals surface area contributed by atoms with Crippen molar-refractivity contribution in [3.05, 3.63) is 0 Å². The highest BCUT2D eigenvalue weighted by molar-refractivity contribution is 8.00. The van der Waals surface area contributed by atoms with Gasteiger partial charge in [0.2, 0.25) is 0 Å². The Hall–Kier alpha value is 0.230. The average molecular weight is 371 g/mol. The van der Waals surface area contributed by atoms with Crippen LogP contribution in [0.1, 0.15) is 67.2 Å². The van der Waals surface area contributed by atoms with Gasteiger partial charge in [-0.15, -0.1) is 0 Å². The molecule has 0 radical (unpaired) electrons. The quantitative estimate of drug-likeness (QED) is 0.562. The highest BCUT2D eigenvalue weighted by Gasteiger charge is 2.27. The predicted molar refractivity (Wildman–Crippen MR) is 112 cm³/mol. The summed E-state index contributed by atoms with van der Waals surface area (Å²) in [5.41, 5.74) is 0. The zero-order valence-electron chi connectivity index (χ0n) is 17.5. The molecule has 0 aromatic heterocycles. The third-order valence-electron chi connectivity index (χ3n) is 5.92. The summed E-state index contributed by atoms with van der Waals surface area (Å²) in [6.45, 7) is 19.9. The summed E-state index contributed by atoms with van der Waals surface area (Å²) in [6, 6.07) is 1.38. The van der Waals surface area contributed by atoms with E-state index < -0.39 is 0 Å². The number of nitrogens with zero attached hydrogens (tertiary/aromatic N) is 2. The summed E-state index contributed by atoms with van der Waals surface area (Å²) in [5, 5.41) is 1.61. The Labute approximate surface area is 161 Å². The molecule has 0 bridgehead atoms. The normalized spacial score (nSPS) is 28.3. The molecule has 148 valence electrons. The average Bonchev–Trinajstić information content (AvgIpc) is 3.19. The van der Waals surface area contributed by atoms with Crippen LogP contribution in [0, 0.1) is 5.92 Å². The van der Waals surface area contributed by atoms with Gasteiger partial charge in [0.05, 0.1) is 12.7 Å². The summed E-state index contributed by atoms with van der Waals surface area (Å²) in [7, 11) is 0. The summed E-state index contributed by atoms with van der Waals surface area (Å²) in [6.07, 6.45) is 5.54. The van der Waals surface area contributed by atoms with Crippen LogP contribution < -0.4 is 0 Å². The van der Waals surface area contributed by atoms with Crippen molar-refractivity contribution < 1.29 is 4.74 Å². The van der Waals surface area contributed by atoms with Gasteiger partial charge in [-0.3, -0.25) is 4.90 Å². The van der Waals surface area contributed by atoms with Crippen LogP contribution in [-0.4, -0.2) is 71.3 Å². The van der Waals surface area contributed by atoms with Gasteiger partial charge >= 0.3 is 0 Å². The molecule has 0 saturated carbocycles. The second-order valence-corrected chi connectivity index (χ2v) is 10.8. The number of rotatable bonds is 10. The van der Waals surface area contributed by atoms with Gasteiger partial charge in [-0.25, -0.2) is 0 Å². The van der Waals surface area contributed by atoms with Crippen LogP contribution in [0.15, 0.2) is 0 Å². The Morgan fingerprint density at radius 1 is 0.920 bits per heavy atom. The molecule has 25 heavy (non-hydrogen) atoms. The van der Waals surface area contributed by atoms with Crippen LogP contribution in [0.5, 0.6) is 0 Å². The van der Waals surface area contributed by atoms with Crippen molar-refractivity contribution in [1.29, 1.82) is 0 Å². The van der Waals surface area contributed by atoms with Gasteiger partial charge in [0, 0.05) is 30.4 Å². The first-order chi connectivity index (χ1) is 11.8. The SMILES string of the molecule is CC(CCC(C)N1CC[C@H](SC(C)C)C1)OC[C@@H]1CCN(C(C)C)C1. The zero-order chi connectivity index (χ0) is 18.4. The van der Waals surface area contributed by atoms with Crippen LogP contribution in [-0.2, 0) is 4.74 Å². The molecular weight excluding hydrogens is 328 g/mol. The second kappa shape index (κ2) is 10.5. The minimum atomic E-state index is 0.402. The van der Waals surface area contributed by atoms with E-state index in [0.717, 1.165) is 23.0 Å². The maximum Gasteiger partial charge on any atom is 0.0547 e. The maximum atomic E-state index is 6.19. The van der Waals surface area contributed by atoms with E-state index in [0.29, 0.717) is 18.2 Å². The Kier molecular flexibility index (Phi) is 9.07. The Bertz CT molecular complexity index is 377. The molecule has 0 aliphatic carbocycles. The van der Waals surface area contributed by atoms with Gasteiger partial charge in [0.25, 0.3) is 0 Å². The molecule has 4 atom stereocenters. The molecule has 2 unspecified atom stereocenters. The molecule has 2 fully saturated rings. The van der Waals surface area contributed by atoms with Crippen molar-refractivity contribution in [3.63, 3.8) is 0 Å². The number of hydrogen-bond acceptors (Lipinski definition) is 4. The largest absolute Gasteiger partial charge is 0.378 e. The molecule has 0 aromatic rings. The van der Waals surface area contributed by atoms with Crippen molar-refractivity contribution >= 4 is 11.8 Å². The molecule has 0 amide bonds. The summed E-state index contributed by atoms with van der Waals surface area (Å²) in [5.74, 6) is 0.745. The van der Waals surface area contributed by atoms with Gasteiger partial charge in [-0.1, -0.05) is 13.8 Å². The Morgan fingerprint density at radius 2 is 1.64 bits per heavy atom. The molecule has 2 aliphatic rings. The first-order valence-corrected chi connectivity index (χ1v) is 11.5. The van der Waals surface area contributed by atoms with Gasteiger partial charge in [0.15, 0.2) is 0 Å². The lowest BCUT2D eigenvalue weighted by molar-refractivity contribution is 0.0312. The van der Waals surface area contributed by atoms with Crippen molar-refractivity contribution in [3.8, 4) is 0 Å². The molecule has 4 heteroatoms. The molecule has 0 spiro atoms. The molecule has 2 heterocycles. The van der Waals surface area contributed by atoms with Crippen molar-refractivity contribution in [2.45, 2.75) is 95.9 Å². The first-order valence-electron chi connectivity index (χ1n) is 10.6. The van der Waals surface area contributed by atoms with E-state index in [9.17, 15) is 0 Å². The van der Waals surface area contributed by atoms with E-state index in [2.05, 4.69) is 63.1 Å². The van der Waals surface area contributed by atoms with Gasteiger partial charge < -0.3 is 9.64 Å². The van der Waals surface area contributed by atoms with Crippen LogP contribution in [0.2, 0.25) is 0 Å². The van der Waals surface area contributed by atoms with Crippen molar-refractivity contribution in [1.82, 2.24) is 9.80 Å². The van der Waals surface area contributed by atoms with Crippen molar-refractivity contribution in [2.24, 2.45) is 5.92 Å². The Balaban J connectivity index is 1.58. The minimum absolute atomic E-state index is 0.402. The summed E-state index contributed by atoms with van der Waals surface area (Å²) in [4.78, 5) is 5.28. The number of ether oxygens (including phenoxy) is 1. The molecule has 0 aromatic carbocycles. The van der Waals surface area contributed by atoms with E-state index >= 15 is 0 Å². The lowest BCUT2D eigenvalue weighted by Crippen LogP contribution is -2.32. The number of thioether (sulfide) groups is 1. The smallest absolute Gasteiger partial charge is 0.0547 e. The highest BCUT2D eigenvalue weighted by atomic mass is 32.2. The fourth-order valence-electron chi connectivity index (χ4n) is 4.16. The topological polar surface area (TPSA) is 15.7 Å². The number of hydrogen-bond donors (Lipinski definition) is 0. The van der Waals surface area contributed by atoms with Crippen molar-refractivity contribution in [2.75, 3.05) is 32.8 Å². The summed E-state index contributed by atoms with van der Waals surface area (Å²) < 4.78 is 6.19. The molecule has 2 rings (SSSR count). The Morgan fingerprint density at radius 3 is 2.28 bits per heavy atom. The lowest BCUT2D eigenvalue weighted by atomic mass is 10.1. The molecule has 2 saturated heterocycles. The molecule has 0 N–H and O–H groups in total. The second-order valence-electron chi connectivity index (χ2n) is 8.90. The molecule has 3 nitrogen and oxygen atoms in total. The van der Waals surface area contributed by atoms with E-state index in [1.54, 1.807) is 0 Å². The van der Waals surface area contributed by atoms with Gasteiger partial charge in [-0.2, -0.15) is 11.8 Å². The minimum Gasteiger partial charge on any atom is -0.378 e. The first kappa shape index (κ1) is 21.5. The fourth-order valence-corrected chi connectivity index (χ4v) is 5.45. The van der Waals surface area contributed by atoms with E-state index in [1.807, 2.05) is 0 Å². The standard InChI is InChI=1S/C21H42N2OS/c1-16(2)22-11-9-20(13-22)15-24-19(6)8-7-18(5)23-12-10-21(14-23)25-17(3)4/h16-21H,7-15H2,1-6H3/t18?,19?,20-,21+/m1/s1. The zero-order valence-corrected chi connectivity index (χ0v) is 18.4. The van der Waals surface area contributed by atoms with Crippen LogP contribution >= 0.6 is 11.8 Å². The fraction of sp³-hybridized carbons (Fsp3) is 1.00. The highest BCUT2D eigenvalue weighted by Crippen LogP contribution is 2.28. The lowest BCUT2D eigenvalue weighted by Gasteiger charge is -2.26. The van der Waals surface area contributed by atoms with Crippen LogP contribution in [0.4, 0.5) is 0 Å². The van der Waals surface area contributed by atoms with E-state index in [-0.39, 0.29) is 0 Å². The third kappa shape index (κ3) is 7.40. The third-order valence-corrected chi connectivity index (χ3v) is 7.23. The predicted octanol–water partition coefficient (Wildman–Crippen LogP) is 4.51. The maximum absolute atomic E-state index is 6.19. The van der Waals surface area contributed by atoms with Gasteiger partial charge in [-0.05, 0) is 77.6 Å². The van der Waals surface area contributed by atoms with Crippen LogP contribution in [0.3, 0.4) is 0 Å².